The van der Waals surface area contributed by atoms with Crippen LogP contribution in [-0.2, 0) is 11.2 Å². The third-order valence-electron chi connectivity index (χ3n) is 5.51. The zero-order valence-electron chi connectivity index (χ0n) is 19.1. The van der Waals surface area contributed by atoms with Crippen LogP contribution in [0.15, 0.2) is 48.5 Å². The molecule has 1 fully saturated rings. The number of hydrogen-bond donors (Lipinski definition) is 2. The van der Waals surface area contributed by atoms with E-state index >= 15 is 0 Å². The number of anilines is 2. The number of hydrogen-bond acceptors (Lipinski definition) is 4. The number of thiocarbonyl (C=S) groups is 1. The van der Waals surface area contributed by atoms with E-state index in [4.69, 9.17) is 12.2 Å². The Bertz CT molecular complexity index is 933. The van der Waals surface area contributed by atoms with Gasteiger partial charge in [-0.25, -0.2) is 0 Å². The SMILES string of the molecule is CCc1ccc(C(=O)N2CCN(c3ccc(NC(=S)NC(=O)CC(C)C)cc3)CC2)cc1. The average Bonchev–Trinajstić information content (AvgIpc) is 2.78. The predicted octanol–water partition coefficient (Wildman–Crippen LogP) is 4.07. The second-order valence-electron chi connectivity index (χ2n) is 8.48. The molecule has 0 aliphatic carbocycles. The highest BCUT2D eigenvalue weighted by Crippen LogP contribution is 2.20. The number of aryl methyl sites for hydroxylation is 1. The molecule has 7 heteroatoms. The lowest BCUT2D eigenvalue weighted by Gasteiger charge is -2.36. The maximum atomic E-state index is 12.8. The van der Waals surface area contributed by atoms with E-state index in [1.54, 1.807) is 0 Å². The Labute approximate surface area is 196 Å². The first-order valence-electron chi connectivity index (χ1n) is 11.2. The largest absolute Gasteiger partial charge is 0.368 e. The fraction of sp³-hybridized carbons (Fsp3) is 0.400. The van der Waals surface area contributed by atoms with Gasteiger partial charge in [0.2, 0.25) is 5.91 Å². The molecule has 32 heavy (non-hydrogen) atoms. The summed E-state index contributed by atoms with van der Waals surface area (Å²) in [5, 5.41) is 6.07. The van der Waals surface area contributed by atoms with E-state index in [0.717, 1.165) is 36.4 Å². The van der Waals surface area contributed by atoms with Crippen molar-refractivity contribution in [3.63, 3.8) is 0 Å². The van der Waals surface area contributed by atoms with Crippen molar-refractivity contribution in [1.82, 2.24) is 10.2 Å². The van der Waals surface area contributed by atoms with E-state index in [2.05, 4.69) is 22.5 Å². The second-order valence-corrected chi connectivity index (χ2v) is 8.89. The molecular weight excluding hydrogens is 420 g/mol. The number of amides is 2. The average molecular weight is 453 g/mol. The summed E-state index contributed by atoms with van der Waals surface area (Å²) in [6.07, 6.45) is 1.42. The fourth-order valence-corrected chi connectivity index (χ4v) is 3.93. The van der Waals surface area contributed by atoms with Crippen molar-refractivity contribution in [1.29, 1.82) is 0 Å². The molecule has 170 valence electrons. The van der Waals surface area contributed by atoms with Crippen LogP contribution in [0.25, 0.3) is 0 Å². The number of carbonyl (C=O) groups excluding carboxylic acids is 2. The molecule has 6 nitrogen and oxygen atoms in total. The maximum Gasteiger partial charge on any atom is 0.253 e. The minimum Gasteiger partial charge on any atom is -0.368 e. The Hall–Kier alpha value is -2.93. The van der Waals surface area contributed by atoms with Gasteiger partial charge in [-0.15, -0.1) is 0 Å². The summed E-state index contributed by atoms with van der Waals surface area (Å²) < 4.78 is 0. The van der Waals surface area contributed by atoms with E-state index in [0.29, 0.717) is 24.6 Å². The zero-order valence-corrected chi connectivity index (χ0v) is 19.9. The number of nitrogens with zero attached hydrogens (tertiary/aromatic N) is 2. The van der Waals surface area contributed by atoms with Crippen LogP contribution < -0.4 is 15.5 Å². The Morgan fingerprint density at radius 2 is 1.59 bits per heavy atom. The van der Waals surface area contributed by atoms with Crippen LogP contribution in [0.2, 0.25) is 0 Å². The Morgan fingerprint density at radius 1 is 0.969 bits per heavy atom. The molecule has 0 spiro atoms. The summed E-state index contributed by atoms with van der Waals surface area (Å²) in [5.41, 5.74) is 3.92. The van der Waals surface area contributed by atoms with Gasteiger partial charge in [0.05, 0.1) is 0 Å². The lowest BCUT2D eigenvalue weighted by molar-refractivity contribution is -0.120. The van der Waals surface area contributed by atoms with Crippen molar-refractivity contribution in [3.05, 3.63) is 59.7 Å². The summed E-state index contributed by atoms with van der Waals surface area (Å²) in [4.78, 5) is 28.8. The van der Waals surface area contributed by atoms with Crippen LogP contribution >= 0.6 is 12.2 Å². The van der Waals surface area contributed by atoms with E-state index in [9.17, 15) is 9.59 Å². The van der Waals surface area contributed by atoms with Crippen molar-refractivity contribution in [2.45, 2.75) is 33.6 Å². The third-order valence-corrected chi connectivity index (χ3v) is 5.72. The van der Waals surface area contributed by atoms with Crippen molar-refractivity contribution in [2.75, 3.05) is 36.4 Å². The molecule has 1 aliphatic rings. The Balaban J connectivity index is 1.49. The Kier molecular flexibility index (Phi) is 8.22. The summed E-state index contributed by atoms with van der Waals surface area (Å²) >= 11 is 5.22. The molecule has 0 saturated carbocycles. The van der Waals surface area contributed by atoms with Gasteiger partial charge < -0.3 is 20.4 Å². The molecule has 2 N–H and O–H groups in total. The van der Waals surface area contributed by atoms with Crippen LogP contribution in [0.3, 0.4) is 0 Å². The van der Waals surface area contributed by atoms with Gasteiger partial charge in [-0.2, -0.15) is 0 Å². The smallest absolute Gasteiger partial charge is 0.253 e. The van der Waals surface area contributed by atoms with E-state index in [-0.39, 0.29) is 17.7 Å². The van der Waals surface area contributed by atoms with Gasteiger partial charge in [0.25, 0.3) is 5.91 Å². The molecule has 0 aromatic heterocycles. The normalized spacial score (nSPS) is 13.8. The molecule has 0 atom stereocenters. The molecule has 0 radical (unpaired) electrons. The minimum absolute atomic E-state index is 0.0807. The van der Waals surface area contributed by atoms with E-state index in [1.165, 1.54) is 5.56 Å². The van der Waals surface area contributed by atoms with Crippen LogP contribution in [-0.4, -0.2) is 48.0 Å². The fourth-order valence-electron chi connectivity index (χ4n) is 3.70. The van der Waals surface area contributed by atoms with Crippen LogP contribution in [0.1, 0.15) is 43.1 Å². The highest BCUT2D eigenvalue weighted by atomic mass is 32.1. The highest BCUT2D eigenvalue weighted by Gasteiger charge is 2.22. The van der Waals surface area contributed by atoms with Gasteiger partial charge in [-0.3, -0.25) is 9.59 Å². The molecule has 2 aromatic carbocycles. The van der Waals surface area contributed by atoms with Gasteiger partial charge in [-0.1, -0.05) is 32.9 Å². The first-order chi connectivity index (χ1) is 15.4. The van der Waals surface area contributed by atoms with Crippen LogP contribution in [0.5, 0.6) is 0 Å². The van der Waals surface area contributed by atoms with Gasteiger partial charge in [0, 0.05) is 49.5 Å². The van der Waals surface area contributed by atoms with Gasteiger partial charge >= 0.3 is 0 Å². The monoisotopic (exact) mass is 452 g/mol. The first kappa shape index (κ1) is 23.7. The van der Waals surface area contributed by atoms with Crippen molar-refractivity contribution < 1.29 is 9.59 Å². The van der Waals surface area contributed by atoms with Gasteiger partial charge in [0.15, 0.2) is 5.11 Å². The molecule has 0 unspecified atom stereocenters. The van der Waals surface area contributed by atoms with Crippen LogP contribution in [0.4, 0.5) is 11.4 Å². The maximum absolute atomic E-state index is 12.8. The topological polar surface area (TPSA) is 64.7 Å². The standard InChI is InChI=1S/C25H32N4O2S/c1-4-19-5-7-20(8-6-19)24(31)29-15-13-28(14-16-29)22-11-9-21(10-12-22)26-25(32)27-23(30)17-18(2)3/h5-12,18H,4,13-17H2,1-3H3,(H2,26,27,30,32). The lowest BCUT2D eigenvalue weighted by atomic mass is 10.1. The quantitative estimate of drug-likeness (QED) is 0.647. The number of rotatable bonds is 6. The highest BCUT2D eigenvalue weighted by molar-refractivity contribution is 7.80. The van der Waals surface area contributed by atoms with Crippen molar-refractivity contribution in [3.8, 4) is 0 Å². The Morgan fingerprint density at radius 3 is 2.16 bits per heavy atom. The van der Waals surface area contributed by atoms with Crippen LogP contribution in [0, 0.1) is 5.92 Å². The van der Waals surface area contributed by atoms with Crippen molar-refractivity contribution in [2.24, 2.45) is 5.92 Å². The second kappa shape index (κ2) is 11.1. The zero-order chi connectivity index (χ0) is 23.1. The molecule has 1 aliphatic heterocycles. The number of benzene rings is 2. The molecule has 2 amide bonds. The molecule has 1 saturated heterocycles. The summed E-state index contributed by atoms with van der Waals surface area (Å²) in [6, 6.07) is 15.9. The van der Waals surface area contributed by atoms with Crippen molar-refractivity contribution >= 4 is 40.5 Å². The summed E-state index contributed by atoms with van der Waals surface area (Å²) in [5.74, 6) is 0.303. The molecular formula is C25H32N4O2S. The molecule has 2 aromatic rings. The predicted molar refractivity (Wildman–Crippen MR) is 134 cm³/mol. The van der Waals surface area contributed by atoms with E-state index < -0.39 is 0 Å². The molecule has 3 rings (SSSR count). The minimum atomic E-state index is -0.0807. The third kappa shape index (κ3) is 6.53. The number of piperazine rings is 1. The number of carbonyl (C=O) groups is 2. The molecule has 1 heterocycles. The summed E-state index contributed by atoms with van der Waals surface area (Å²) in [6.45, 7) is 9.06. The van der Waals surface area contributed by atoms with Gasteiger partial charge in [-0.05, 0) is 66.5 Å². The lowest BCUT2D eigenvalue weighted by Crippen LogP contribution is -2.48. The number of nitrogens with one attached hydrogen (secondary N) is 2. The first-order valence-corrected chi connectivity index (χ1v) is 11.6. The van der Waals surface area contributed by atoms with E-state index in [1.807, 2.05) is 67.3 Å². The molecule has 0 bridgehead atoms. The van der Waals surface area contributed by atoms with Gasteiger partial charge in [0.1, 0.15) is 0 Å². The summed E-state index contributed by atoms with van der Waals surface area (Å²) in [7, 11) is 0.